The molecular weight excluding hydrogens is 482 g/mol. The number of thiazole rings is 1. The van der Waals surface area contributed by atoms with Gasteiger partial charge in [-0.3, -0.25) is 14.6 Å². The minimum absolute atomic E-state index is 0.183. The lowest BCUT2D eigenvalue weighted by molar-refractivity contribution is 0.0376. The van der Waals surface area contributed by atoms with Gasteiger partial charge in [0.15, 0.2) is 15.0 Å². The van der Waals surface area contributed by atoms with Gasteiger partial charge in [0.25, 0.3) is 5.91 Å². The highest BCUT2D eigenvalue weighted by Crippen LogP contribution is 2.34. The molecule has 4 rings (SSSR count). The Hall–Kier alpha value is -2.04. The molecule has 7 nitrogen and oxygen atoms in total. The molecule has 0 unspecified atom stereocenters. The Morgan fingerprint density at radius 3 is 2.55 bits per heavy atom. The van der Waals surface area contributed by atoms with Gasteiger partial charge in [-0.2, -0.15) is 0 Å². The van der Waals surface area contributed by atoms with Crippen LogP contribution in [0.25, 0.3) is 10.2 Å². The Labute approximate surface area is 202 Å². The third-order valence-corrected chi connectivity index (χ3v) is 8.28. The van der Waals surface area contributed by atoms with Crippen LogP contribution in [-0.4, -0.2) is 69.9 Å². The Kier molecular flexibility index (Phi) is 7.35. The second kappa shape index (κ2) is 10.1. The summed E-state index contributed by atoms with van der Waals surface area (Å²) in [6.45, 7) is 6.51. The van der Waals surface area contributed by atoms with Crippen molar-refractivity contribution in [3.05, 3.63) is 52.5 Å². The zero-order chi connectivity index (χ0) is 23.6. The number of carbonyl (C=O) groups is 1. The fourth-order valence-electron chi connectivity index (χ4n) is 3.77. The van der Waals surface area contributed by atoms with Gasteiger partial charge in [-0.15, -0.1) is 0 Å². The largest absolute Gasteiger partial charge is 0.379 e. The van der Waals surface area contributed by atoms with Crippen molar-refractivity contribution in [1.29, 1.82) is 0 Å². The Morgan fingerprint density at radius 1 is 1.18 bits per heavy atom. The number of benzene rings is 2. The quantitative estimate of drug-likeness (QED) is 0.480. The number of nitrogens with zero attached hydrogens (tertiary/aromatic N) is 3. The van der Waals surface area contributed by atoms with Crippen molar-refractivity contribution in [2.75, 3.05) is 50.5 Å². The van der Waals surface area contributed by atoms with Gasteiger partial charge in [0.05, 0.1) is 28.3 Å². The van der Waals surface area contributed by atoms with E-state index in [1.807, 2.05) is 19.1 Å². The number of hydrogen-bond donors (Lipinski definition) is 0. The molecule has 2 aromatic carbocycles. The van der Waals surface area contributed by atoms with E-state index in [-0.39, 0.29) is 10.8 Å². The van der Waals surface area contributed by atoms with Crippen LogP contribution < -0.4 is 4.90 Å². The molecule has 33 heavy (non-hydrogen) atoms. The predicted molar refractivity (Wildman–Crippen MR) is 132 cm³/mol. The summed E-state index contributed by atoms with van der Waals surface area (Å²) in [5.41, 5.74) is 2.10. The molecule has 0 saturated carbocycles. The van der Waals surface area contributed by atoms with Crippen LogP contribution in [0.1, 0.15) is 22.3 Å². The van der Waals surface area contributed by atoms with Crippen molar-refractivity contribution < 1.29 is 17.9 Å². The fraction of sp³-hybridized carbons (Fsp3) is 0.391. The van der Waals surface area contributed by atoms with E-state index < -0.39 is 9.84 Å². The van der Waals surface area contributed by atoms with E-state index >= 15 is 0 Å². The van der Waals surface area contributed by atoms with Crippen LogP contribution in [0.2, 0.25) is 5.02 Å². The molecule has 0 radical (unpaired) electrons. The maximum atomic E-state index is 13.5. The molecule has 1 aliphatic rings. The van der Waals surface area contributed by atoms with Crippen molar-refractivity contribution in [3.8, 4) is 0 Å². The lowest BCUT2D eigenvalue weighted by Crippen LogP contribution is -2.39. The Bertz CT molecular complexity index is 1250. The first kappa shape index (κ1) is 24.1. The number of rotatable bonds is 7. The van der Waals surface area contributed by atoms with Gasteiger partial charge in [-0.25, -0.2) is 13.4 Å². The third-order valence-electron chi connectivity index (χ3n) is 5.70. The molecule has 0 bridgehead atoms. The lowest BCUT2D eigenvalue weighted by Gasteiger charge is -2.27. The number of aryl methyl sites for hydroxylation is 1. The van der Waals surface area contributed by atoms with Gasteiger partial charge in [-0.1, -0.05) is 22.9 Å². The molecule has 1 amide bonds. The summed E-state index contributed by atoms with van der Waals surface area (Å²) in [7, 11) is -3.33. The number of aromatic nitrogens is 1. The average Bonchev–Trinajstić information content (AvgIpc) is 3.24. The minimum Gasteiger partial charge on any atom is -0.379 e. The van der Waals surface area contributed by atoms with Crippen LogP contribution in [-0.2, 0) is 14.6 Å². The number of ether oxygens (including phenoxy) is 1. The number of fused-ring (bicyclic) bond motifs is 1. The number of sulfone groups is 1. The maximum Gasteiger partial charge on any atom is 0.260 e. The second-order valence-electron chi connectivity index (χ2n) is 8.08. The van der Waals surface area contributed by atoms with Crippen LogP contribution in [0.3, 0.4) is 0 Å². The summed E-state index contributed by atoms with van der Waals surface area (Å²) >= 11 is 7.73. The van der Waals surface area contributed by atoms with E-state index in [9.17, 15) is 13.2 Å². The van der Waals surface area contributed by atoms with E-state index in [0.717, 1.165) is 61.3 Å². The zero-order valence-corrected chi connectivity index (χ0v) is 21.0. The molecule has 1 fully saturated rings. The Morgan fingerprint density at radius 2 is 1.88 bits per heavy atom. The van der Waals surface area contributed by atoms with Crippen LogP contribution in [0.4, 0.5) is 5.13 Å². The van der Waals surface area contributed by atoms with Gasteiger partial charge in [0, 0.05) is 43.0 Å². The van der Waals surface area contributed by atoms with E-state index in [0.29, 0.717) is 22.3 Å². The standard InChI is InChI=1S/C23H26ClN3O4S2/c1-16-19(24)8-9-20-21(16)25-23(32-20)27(11-3-10-26-12-14-31-15-13-26)22(28)17-4-6-18(7-5-17)33(2,29)30/h4-9H,3,10-15H2,1-2H3. The molecule has 0 spiro atoms. The molecule has 1 aliphatic heterocycles. The summed E-state index contributed by atoms with van der Waals surface area (Å²) in [6, 6.07) is 9.82. The maximum absolute atomic E-state index is 13.5. The van der Waals surface area contributed by atoms with Gasteiger partial charge in [0.2, 0.25) is 0 Å². The number of anilines is 1. The van der Waals surface area contributed by atoms with E-state index in [1.54, 1.807) is 17.0 Å². The summed E-state index contributed by atoms with van der Waals surface area (Å²) in [5, 5.41) is 1.25. The van der Waals surface area contributed by atoms with E-state index in [1.165, 1.54) is 23.5 Å². The summed E-state index contributed by atoms with van der Waals surface area (Å²) in [4.78, 5) is 22.5. The van der Waals surface area contributed by atoms with E-state index in [2.05, 4.69) is 4.90 Å². The molecule has 0 N–H and O–H groups in total. The molecule has 176 valence electrons. The van der Waals surface area contributed by atoms with Crippen molar-refractivity contribution >= 4 is 54.0 Å². The van der Waals surface area contributed by atoms with Crippen LogP contribution in [0.15, 0.2) is 41.3 Å². The summed E-state index contributed by atoms with van der Waals surface area (Å²) in [6.07, 6.45) is 1.93. The molecule has 0 atom stereocenters. The third kappa shape index (κ3) is 5.55. The van der Waals surface area contributed by atoms with Crippen molar-refractivity contribution in [1.82, 2.24) is 9.88 Å². The van der Waals surface area contributed by atoms with Crippen LogP contribution >= 0.6 is 22.9 Å². The molecule has 1 aromatic heterocycles. The molecule has 2 heterocycles. The van der Waals surface area contributed by atoms with Gasteiger partial charge < -0.3 is 4.74 Å². The average molecular weight is 508 g/mol. The normalized spacial score (nSPS) is 15.1. The Balaban J connectivity index is 1.61. The van der Waals surface area contributed by atoms with Crippen LogP contribution in [0, 0.1) is 6.92 Å². The van der Waals surface area contributed by atoms with Crippen molar-refractivity contribution in [3.63, 3.8) is 0 Å². The highest BCUT2D eigenvalue weighted by Gasteiger charge is 2.23. The zero-order valence-electron chi connectivity index (χ0n) is 18.6. The first-order valence-corrected chi connectivity index (χ1v) is 13.8. The topological polar surface area (TPSA) is 79.8 Å². The predicted octanol–water partition coefficient (Wildman–Crippen LogP) is 4.03. The monoisotopic (exact) mass is 507 g/mol. The SMILES string of the molecule is Cc1c(Cl)ccc2sc(N(CCCN3CCOCC3)C(=O)c3ccc(S(C)(=O)=O)cc3)nc12. The summed E-state index contributed by atoms with van der Waals surface area (Å²) in [5.74, 6) is -0.208. The highest BCUT2D eigenvalue weighted by atomic mass is 35.5. The molecule has 1 saturated heterocycles. The number of amides is 1. The van der Waals surface area contributed by atoms with Gasteiger partial charge in [0.1, 0.15) is 0 Å². The minimum atomic E-state index is -3.33. The number of halogens is 1. The van der Waals surface area contributed by atoms with Crippen LogP contribution in [0.5, 0.6) is 0 Å². The molecular formula is C23H26ClN3O4S2. The van der Waals surface area contributed by atoms with Gasteiger partial charge in [-0.05, 0) is 55.3 Å². The number of carbonyl (C=O) groups excluding carboxylic acids is 1. The lowest BCUT2D eigenvalue weighted by atomic mass is 10.2. The first-order chi connectivity index (χ1) is 15.7. The fourth-order valence-corrected chi connectivity index (χ4v) is 5.60. The smallest absolute Gasteiger partial charge is 0.260 e. The van der Waals surface area contributed by atoms with E-state index in [4.69, 9.17) is 21.3 Å². The molecule has 0 aliphatic carbocycles. The van der Waals surface area contributed by atoms with Gasteiger partial charge >= 0.3 is 0 Å². The molecule has 10 heteroatoms. The second-order valence-corrected chi connectivity index (χ2v) is 11.5. The summed E-state index contributed by atoms with van der Waals surface area (Å²) < 4.78 is 30.0. The number of hydrogen-bond acceptors (Lipinski definition) is 7. The highest BCUT2D eigenvalue weighted by molar-refractivity contribution is 7.90. The molecule has 3 aromatic rings. The van der Waals surface area contributed by atoms with Crippen molar-refractivity contribution in [2.24, 2.45) is 0 Å². The number of morpholine rings is 1. The van der Waals surface area contributed by atoms with Crippen molar-refractivity contribution in [2.45, 2.75) is 18.2 Å². The first-order valence-electron chi connectivity index (χ1n) is 10.7.